The van der Waals surface area contributed by atoms with E-state index in [1.165, 1.54) is 38.5 Å². The Morgan fingerprint density at radius 3 is 1.53 bits per heavy atom. The molecule has 2 amide bonds. The van der Waals surface area contributed by atoms with Gasteiger partial charge in [-0.1, -0.05) is 24.3 Å². The van der Waals surface area contributed by atoms with E-state index in [2.05, 4.69) is 46.4 Å². The smallest absolute Gasteiger partial charge is 0.224 e. The Hall–Kier alpha value is -3.02. The molecular formula is C30H42N4O2. The van der Waals surface area contributed by atoms with E-state index in [-0.39, 0.29) is 11.8 Å². The van der Waals surface area contributed by atoms with Crippen molar-refractivity contribution < 1.29 is 9.59 Å². The largest absolute Gasteiger partial charge is 0.367 e. The highest BCUT2D eigenvalue weighted by Gasteiger charge is 2.22. The molecule has 2 atom stereocenters. The number of para-hydroxylation sites is 4. The summed E-state index contributed by atoms with van der Waals surface area (Å²) >= 11 is 0. The summed E-state index contributed by atoms with van der Waals surface area (Å²) in [5, 5.41) is 6.24. The van der Waals surface area contributed by atoms with E-state index >= 15 is 0 Å². The fourth-order valence-electron chi connectivity index (χ4n) is 5.57. The lowest BCUT2D eigenvalue weighted by Gasteiger charge is -2.36. The van der Waals surface area contributed by atoms with E-state index in [1.807, 2.05) is 36.4 Å². The number of piperidine rings is 2. The lowest BCUT2D eigenvalue weighted by Crippen LogP contribution is -2.38. The van der Waals surface area contributed by atoms with E-state index in [0.29, 0.717) is 37.8 Å². The van der Waals surface area contributed by atoms with Crippen molar-refractivity contribution in [2.24, 2.45) is 0 Å². The molecule has 4 rings (SSSR count). The molecule has 0 aromatic heterocycles. The number of anilines is 4. The highest BCUT2D eigenvalue weighted by Crippen LogP contribution is 2.32. The first-order valence-electron chi connectivity index (χ1n) is 13.8. The van der Waals surface area contributed by atoms with Crippen molar-refractivity contribution in [1.82, 2.24) is 0 Å². The fraction of sp³-hybridized carbons (Fsp3) is 0.533. The molecule has 0 bridgehead atoms. The van der Waals surface area contributed by atoms with Crippen LogP contribution in [0.15, 0.2) is 48.5 Å². The number of nitrogens with zero attached hydrogens (tertiary/aromatic N) is 2. The van der Waals surface area contributed by atoms with Crippen LogP contribution in [0.1, 0.15) is 78.1 Å². The monoisotopic (exact) mass is 490 g/mol. The second-order valence-corrected chi connectivity index (χ2v) is 10.4. The minimum absolute atomic E-state index is 0.0111. The number of hydrogen-bond donors (Lipinski definition) is 2. The molecule has 0 unspecified atom stereocenters. The van der Waals surface area contributed by atoms with Gasteiger partial charge in [0.2, 0.25) is 11.8 Å². The zero-order valence-corrected chi connectivity index (χ0v) is 22.0. The van der Waals surface area contributed by atoms with Crippen LogP contribution in [0, 0.1) is 0 Å². The zero-order valence-electron chi connectivity index (χ0n) is 22.0. The van der Waals surface area contributed by atoms with Gasteiger partial charge in [0.05, 0.1) is 22.7 Å². The minimum Gasteiger partial charge on any atom is -0.367 e. The molecule has 2 aliphatic rings. The van der Waals surface area contributed by atoms with Gasteiger partial charge in [0.25, 0.3) is 0 Å². The quantitative estimate of drug-likeness (QED) is 0.390. The summed E-state index contributed by atoms with van der Waals surface area (Å²) in [7, 11) is 0. The van der Waals surface area contributed by atoms with E-state index < -0.39 is 0 Å². The number of hydrogen-bond acceptors (Lipinski definition) is 4. The highest BCUT2D eigenvalue weighted by atomic mass is 16.2. The summed E-state index contributed by atoms with van der Waals surface area (Å²) in [6, 6.07) is 17.2. The van der Waals surface area contributed by atoms with E-state index in [9.17, 15) is 9.59 Å². The van der Waals surface area contributed by atoms with Crippen molar-refractivity contribution in [2.75, 3.05) is 33.5 Å². The van der Waals surface area contributed by atoms with Crippen molar-refractivity contribution in [3.05, 3.63) is 48.5 Å². The van der Waals surface area contributed by atoms with E-state index in [1.54, 1.807) is 0 Å². The third kappa shape index (κ3) is 6.80. The van der Waals surface area contributed by atoms with Crippen LogP contribution in [0.3, 0.4) is 0 Å². The standard InChI is InChI=1S/C30H42N4O2/c1-23-13-9-11-21-33(23)27-17-5-3-15-25(27)31-29(35)19-7-8-20-30(36)32-26-16-4-6-18-28(26)34-22-12-10-14-24(34)2/h3-6,15-18,23-24H,7-14,19-22H2,1-2H3,(H,31,35)(H,32,36)/t23-,24-/m1/s1. The van der Waals surface area contributed by atoms with Crippen LogP contribution < -0.4 is 20.4 Å². The average molecular weight is 491 g/mol. The minimum atomic E-state index is 0.0111. The number of unbranched alkanes of at least 4 members (excludes halogenated alkanes) is 1. The molecule has 36 heavy (non-hydrogen) atoms. The molecule has 0 saturated carbocycles. The number of carbonyl (C=O) groups excluding carboxylic acids is 2. The molecule has 2 N–H and O–H groups in total. The van der Waals surface area contributed by atoms with Crippen LogP contribution in [0.5, 0.6) is 0 Å². The second kappa shape index (κ2) is 12.8. The highest BCUT2D eigenvalue weighted by molar-refractivity contribution is 5.95. The van der Waals surface area contributed by atoms with Crippen molar-refractivity contribution >= 4 is 34.6 Å². The summed E-state index contributed by atoms with van der Waals surface area (Å²) in [6.45, 7) is 6.58. The normalized spacial score (nSPS) is 20.2. The molecule has 0 radical (unpaired) electrons. The Bertz CT molecular complexity index is 942. The molecular weight excluding hydrogens is 448 g/mol. The van der Waals surface area contributed by atoms with Crippen molar-refractivity contribution in [3.8, 4) is 0 Å². The molecule has 0 aliphatic carbocycles. The summed E-state index contributed by atoms with van der Waals surface area (Å²) in [5.41, 5.74) is 3.99. The lowest BCUT2D eigenvalue weighted by molar-refractivity contribution is -0.118. The maximum Gasteiger partial charge on any atom is 0.224 e. The van der Waals surface area contributed by atoms with Gasteiger partial charge >= 0.3 is 0 Å². The first-order chi connectivity index (χ1) is 17.5. The van der Waals surface area contributed by atoms with Gasteiger partial charge in [-0.15, -0.1) is 0 Å². The number of amides is 2. The third-order valence-electron chi connectivity index (χ3n) is 7.64. The van der Waals surface area contributed by atoms with Crippen LogP contribution in [-0.4, -0.2) is 37.0 Å². The molecule has 194 valence electrons. The van der Waals surface area contributed by atoms with Gasteiger partial charge in [0.15, 0.2) is 0 Å². The molecule has 0 spiro atoms. The molecule has 6 heteroatoms. The predicted octanol–water partition coefficient (Wildman–Crippen LogP) is 6.58. The molecule has 2 saturated heterocycles. The van der Waals surface area contributed by atoms with Crippen LogP contribution in [0.2, 0.25) is 0 Å². The van der Waals surface area contributed by atoms with E-state index in [4.69, 9.17) is 0 Å². The Morgan fingerprint density at radius 1 is 0.694 bits per heavy atom. The summed E-state index contributed by atoms with van der Waals surface area (Å²) < 4.78 is 0. The van der Waals surface area contributed by atoms with Crippen molar-refractivity contribution in [3.63, 3.8) is 0 Å². The van der Waals surface area contributed by atoms with E-state index in [0.717, 1.165) is 35.8 Å². The molecule has 2 aromatic rings. The van der Waals surface area contributed by atoms with Crippen molar-refractivity contribution in [2.45, 2.75) is 90.1 Å². The van der Waals surface area contributed by atoms with Crippen LogP contribution in [0.4, 0.5) is 22.7 Å². The van der Waals surface area contributed by atoms with Crippen LogP contribution in [0.25, 0.3) is 0 Å². The number of nitrogens with one attached hydrogen (secondary N) is 2. The average Bonchev–Trinajstić information content (AvgIpc) is 2.88. The summed E-state index contributed by atoms with van der Waals surface area (Å²) in [5.74, 6) is 0.0221. The first-order valence-corrected chi connectivity index (χ1v) is 13.8. The Morgan fingerprint density at radius 2 is 1.11 bits per heavy atom. The number of benzene rings is 2. The predicted molar refractivity (Wildman–Crippen MR) is 150 cm³/mol. The maximum atomic E-state index is 12.7. The fourth-order valence-corrected chi connectivity index (χ4v) is 5.57. The Balaban J connectivity index is 1.24. The molecule has 2 aromatic carbocycles. The van der Waals surface area contributed by atoms with Gasteiger partial charge < -0.3 is 20.4 Å². The number of carbonyl (C=O) groups is 2. The SMILES string of the molecule is C[C@@H]1CCCCN1c1ccccc1NC(=O)CCCCC(=O)Nc1ccccc1N1CCCC[C@H]1C. The molecule has 6 nitrogen and oxygen atoms in total. The first kappa shape index (κ1) is 26.1. The van der Waals surface area contributed by atoms with Crippen LogP contribution >= 0.6 is 0 Å². The van der Waals surface area contributed by atoms with Gasteiger partial charge in [-0.3, -0.25) is 9.59 Å². The molecule has 2 aliphatic heterocycles. The van der Waals surface area contributed by atoms with Gasteiger partial charge in [-0.25, -0.2) is 0 Å². The van der Waals surface area contributed by atoms with Crippen molar-refractivity contribution in [1.29, 1.82) is 0 Å². The second-order valence-electron chi connectivity index (χ2n) is 10.4. The summed E-state index contributed by atoms with van der Waals surface area (Å²) in [4.78, 5) is 30.2. The number of rotatable bonds is 9. The molecule has 2 fully saturated rings. The lowest BCUT2D eigenvalue weighted by atomic mass is 10.0. The van der Waals surface area contributed by atoms with Gasteiger partial charge in [0, 0.05) is 38.0 Å². The third-order valence-corrected chi connectivity index (χ3v) is 7.64. The van der Waals surface area contributed by atoms with Gasteiger partial charge in [-0.2, -0.15) is 0 Å². The van der Waals surface area contributed by atoms with Crippen LogP contribution in [-0.2, 0) is 9.59 Å². The zero-order chi connectivity index (χ0) is 25.3. The summed E-state index contributed by atoms with van der Waals surface area (Å²) in [6.07, 6.45) is 9.49. The van der Waals surface area contributed by atoms with Gasteiger partial charge in [0.1, 0.15) is 0 Å². The Kier molecular flexibility index (Phi) is 9.26. The van der Waals surface area contributed by atoms with Gasteiger partial charge in [-0.05, 0) is 89.5 Å². The Labute approximate surface area is 216 Å². The molecule has 2 heterocycles. The topological polar surface area (TPSA) is 64.7 Å². The maximum absolute atomic E-state index is 12.7.